The molecule has 0 aliphatic heterocycles. The Bertz CT molecular complexity index is 1310. The molecule has 0 aliphatic carbocycles. The van der Waals surface area contributed by atoms with Gasteiger partial charge < -0.3 is 63.4 Å². The van der Waals surface area contributed by atoms with Crippen LogP contribution in [0.2, 0.25) is 0 Å². The lowest BCUT2D eigenvalue weighted by Gasteiger charge is -2.25. The first-order valence-corrected chi connectivity index (χ1v) is 15.2. The van der Waals surface area contributed by atoms with Crippen LogP contribution in [-0.2, 0) is 35.3 Å². The van der Waals surface area contributed by atoms with Gasteiger partial charge in [0.1, 0.15) is 18.7 Å². The SMILES string of the molecule is CC(C)[C@H](NC(=O)CNC(=O)CNC(=O)CN)C(=O)N[C@@H](CCCNC(N)=O)C(=O)Nc1ccc(COC(=O)N(C)CCNC(=O)O)cc1. The minimum atomic E-state index is -1.21. The summed E-state index contributed by atoms with van der Waals surface area (Å²) in [5.74, 6) is -3.57. The van der Waals surface area contributed by atoms with Crippen molar-refractivity contribution in [2.45, 2.75) is 45.4 Å². The molecule has 0 bridgehead atoms. The van der Waals surface area contributed by atoms with Gasteiger partial charge >= 0.3 is 18.2 Å². The first-order valence-electron chi connectivity index (χ1n) is 15.2. The topological polar surface area (TPSA) is 306 Å². The number of amides is 9. The van der Waals surface area contributed by atoms with E-state index in [0.717, 1.165) is 0 Å². The molecule has 0 fully saturated rings. The van der Waals surface area contributed by atoms with E-state index in [-0.39, 0.29) is 52.2 Å². The second-order valence-electron chi connectivity index (χ2n) is 10.9. The van der Waals surface area contributed by atoms with Gasteiger partial charge in [-0.05, 0) is 36.5 Å². The molecule has 0 unspecified atom stereocenters. The van der Waals surface area contributed by atoms with Gasteiger partial charge in [-0.2, -0.15) is 0 Å². The Kier molecular flexibility index (Phi) is 18.6. The molecule has 1 aromatic rings. The summed E-state index contributed by atoms with van der Waals surface area (Å²) in [7, 11) is 1.45. The lowest BCUT2D eigenvalue weighted by molar-refractivity contribution is -0.132. The predicted molar refractivity (Wildman–Crippen MR) is 175 cm³/mol. The van der Waals surface area contributed by atoms with E-state index in [1.54, 1.807) is 38.1 Å². The molecular formula is C29H46N10O10. The van der Waals surface area contributed by atoms with Crippen LogP contribution < -0.4 is 48.7 Å². The molecule has 9 amide bonds. The zero-order chi connectivity index (χ0) is 36.9. The lowest BCUT2D eigenvalue weighted by atomic mass is 10.0. The quantitative estimate of drug-likeness (QED) is 0.0649. The summed E-state index contributed by atoms with van der Waals surface area (Å²) in [5.41, 5.74) is 11.2. The van der Waals surface area contributed by atoms with Crippen LogP contribution in [0.3, 0.4) is 0 Å². The summed E-state index contributed by atoms with van der Waals surface area (Å²) in [4.78, 5) is 97.1. The molecule has 20 heteroatoms. The number of carboxylic acid groups (broad SMARTS) is 1. The Hall–Kier alpha value is -5.66. The van der Waals surface area contributed by atoms with Crippen molar-refractivity contribution in [2.24, 2.45) is 17.4 Å². The van der Waals surface area contributed by atoms with E-state index in [9.17, 15) is 38.4 Å². The molecule has 0 radical (unpaired) electrons. The summed E-state index contributed by atoms with van der Waals surface area (Å²) in [6.45, 7) is 2.35. The van der Waals surface area contributed by atoms with Gasteiger partial charge in [0.2, 0.25) is 29.5 Å². The number of carbonyl (C=O) groups is 8. The Balaban J connectivity index is 2.83. The Labute approximate surface area is 282 Å². The van der Waals surface area contributed by atoms with Crippen molar-refractivity contribution in [2.75, 3.05) is 51.6 Å². The maximum atomic E-state index is 13.3. The summed E-state index contributed by atoms with van der Waals surface area (Å²) < 4.78 is 5.21. The van der Waals surface area contributed by atoms with E-state index in [1.807, 2.05) is 0 Å². The van der Waals surface area contributed by atoms with Gasteiger partial charge in [0.15, 0.2) is 0 Å². The number of hydrogen-bond acceptors (Lipinski definition) is 10. The van der Waals surface area contributed by atoms with Gasteiger partial charge in [0.25, 0.3) is 0 Å². The smallest absolute Gasteiger partial charge is 0.409 e. The van der Waals surface area contributed by atoms with Crippen LogP contribution >= 0.6 is 0 Å². The Morgan fingerprint density at radius 3 is 2.06 bits per heavy atom. The standard InChI is InChI=1S/C29H46N10O10/c1-17(2)24(38-23(42)15-35-22(41)14-34-21(40)13-30)26(44)37-20(5-4-10-32-27(31)45)25(43)36-19-8-6-18(7-9-19)16-49-29(48)39(3)12-11-33-28(46)47/h6-9,17,20,24,33H,4-5,10-16,30H2,1-3H3,(H,34,40)(H,35,41)(H,36,43)(H,37,44)(H,38,42)(H,46,47)(H3,31,32,45)/t20-,24-/m0/s1. The highest BCUT2D eigenvalue weighted by molar-refractivity contribution is 5.98. The number of nitrogens with zero attached hydrogens (tertiary/aromatic N) is 1. The van der Waals surface area contributed by atoms with Gasteiger partial charge in [0.05, 0.1) is 19.6 Å². The zero-order valence-electron chi connectivity index (χ0n) is 27.6. The molecule has 0 aromatic heterocycles. The number of carbonyl (C=O) groups excluding carboxylic acids is 7. The highest BCUT2D eigenvalue weighted by Gasteiger charge is 2.29. The van der Waals surface area contributed by atoms with Gasteiger partial charge in [-0.1, -0.05) is 26.0 Å². The molecule has 272 valence electrons. The zero-order valence-corrected chi connectivity index (χ0v) is 27.6. The van der Waals surface area contributed by atoms with Crippen molar-refractivity contribution >= 4 is 53.4 Å². The third-order valence-corrected chi connectivity index (χ3v) is 6.56. The molecule has 0 spiro atoms. The summed E-state index contributed by atoms with van der Waals surface area (Å²) in [5, 5.41) is 25.6. The van der Waals surface area contributed by atoms with Crippen LogP contribution in [0, 0.1) is 5.92 Å². The normalized spacial score (nSPS) is 11.6. The molecule has 0 aliphatic rings. The summed E-state index contributed by atoms with van der Waals surface area (Å²) >= 11 is 0. The number of rotatable bonds is 20. The second kappa shape index (κ2) is 22.0. The highest BCUT2D eigenvalue weighted by Crippen LogP contribution is 2.13. The molecule has 20 nitrogen and oxygen atoms in total. The number of nitrogens with one attached hydrogen (secondary N) is 7. The Morgan fingerprint density at radius 1 is 0.837 bits per heavy atom. The molecule has 12 N–H and O–H groups in total. The van der Waals surface area contributed by atoms with Crippen molar-refractivity contribution in [3.05, 3.63) is 29.8 Å². The summed E-state index contributed by atoms with van der Waals surface area (Å²) in [6.07, 6.45) is -1.52. The van der Waals surface area contributed by atoms with Crippen LogP contribution in [0.5, 0.6) is 0 Å². The fourth-order valence-electron chi connectivity index (χ4n) is 3.89. The number of likely N-dealkylation sites (N-methyl/N-ethyl adjacent to an activating group) is 1. The van der Waals surface area contributed by atoms with Crippen LogP contribution in [0.1, 0.15) is 32.3 Å². The van der Waals surface area contributed by atoms with Crippen molar-refractivity contribution in [1.82, 2.24) is 36.8 Å². The number of urea groups is 1. The molecule has 0 saturated heterocycles. The number of hydrogen-bond donors (Lipinski definition) is 10. The predicted octanol–water partition coefficient (Wildman–Crippen LogP) is -2.27. The van der Waals surface area contributed by atoms with Crippen LogP contribution in [0.25, 0.3) is 0 Å². The summed E-state index contributed by atoms with van der Waals surface area (Å²) in [6, 6.07) is 3.38. The number of ether oxygens (including phenoxy) is 1. The minimum absolute atomic E-state index is 0.0318. The van der Waals surface area contributed by atoms with Crippen LogP contribution in [0.4, 0.5) is 20.1 Å². The van der Waals surface area contributed by atoms with Crippen LogP contribution in [-0.4, -0.2) is 116 Å². The number of primary amides is 1. The van der Waals surface area contributed by atoms with E-state index >= 15 is 0 Å². The molecule has 0 saturated carbocycles. The molecular weight excluding hydrogens is 648 g/mol. The third kappa shape index (κ3) is 17.7. The molecule has 2 atom stereocenters. The largest absolute Gasteiger partial charge is 0.465 e. The van der Waals surface area contributed by atoms with Crippen molar-refractivity contribution in [3.8, 4) is 0 Å². The fraction of sp³-hybridized carbons (Fsp3) is 0.517. The molecule has 49 heavy (non-hydrogen) atoms. The van der Waals surface area contributed by atoms with Gasteiger partial charge in [-0.3, -0.25) is 24.0 Å². The van der Waals surface area contributed by atoms with E-state index in [4.69, 9.17) is 21.3 Å². The average Bonchev–Trinajstić information content (AvgIpc) is 3.05. The lowest BCUT2D eigenvalue weighted by Crippen LogP contribution is -2.56. The number of anilines is 1. The molecule has 1 aromatic carbocycles. The van der Waals surface area contributed by atoms with Crippen molar-refractivity contribution < 1.29 is 48.2 Å². The van der Waals surface area contributed by atoms with Gasteiger partial charge in [-0.25, -0.2) is 14.4 Å². The van der Waals surface area contributed by atoms with Crippen molar-refractivity contribution in [1.29, 1.82) is 0 Å². The second-order valence-corrected chi connectivity index (χ2v) is 10.9. The van der Waals surface area contributed by atoms with Gasteiger partial charge in [0, 0.05) is 32.4 Å². The van der Waals surface area contributed by atoms with E-state index in [0.29, 0.717) is 11.3 Å². The average molecular weight is 695 g/mol. The fourth-order valence-corrected chi connectivity index (χ4v) is 3.89. The van der Waals surface area contributed by atoms with Crippen LogP contribution in [0.15, 0.2) is 24.3 Å². The van der Waals surface area contributed by atoms with E-state index in [2.05, 4.69) is 37.2 Å². The van der Waals surface area contributed by atoms with Crippen molar-refractivity contribution in [3.63, 3.8) is 0 Å². The third-order valence-electron chi connectivity index (χ3n) is 6.56. The number of nitrogens with two attached hydrogens (primary N) is 2. The maximum Gasteiger partial charge on any atom is 0.409 e. The first kappa shape index (κ1) is 41.4. The monoisotopic (exact) mass is 694 g/mol. The van der Waals surface area contributed by atoms with E-state index in [1.165, 1.54) is 11.9 Å². The molecule has 0 heterocycles. The number of benzene rings is 1. The minimum Gasteiger partial charge on any atom is -0.465 e. The first-order chi connectivity index (χ1) is 23.1. The maximum absolute atomic E-state index is 13.3. The molecule has 1 rings (SSSR count). The van der Waals surface area contributed by atoms with Gasteiger partial charge in [-0.15, -0.1) is 0 Å². The highest BCUT2D eigenvalue weighted by atomic mass is 16.6. The van der Waals surface area contributed by atoms with E-state index < -0.39 is 72.3 Å². The Morgan fingerprint density at radius 2 is 1.47 bits per heavy atom.